The van der Waals surface area contributed by atoms with Gasteiger partial charge in [-0.2, -0.15) is 0 Å². The predicted octanol–water partition coefficient (Wildman–Crippen LogP) is 1.72. The number of nitrogens with one attached hydrogen (secondary N) is 1. The molecule has 3 heteroatoms. The fraction of sp³-hybridized carbons (Fsp3) is 0.909. The van der Waals surface area contributed by atoms with Crippen LogP contribution in [0.5, 0.6) is 0 Å². The second-order valence-electron chi connectivity index (χ2n) is 5.00. The lowest BCUT2D eigenvalue weighted by atomic mass is 9.96. The van der Waals surface area contributed by atoms with Gasteiger partial charge in [-0.15, -0.1) is 0 Å². The Kier molecular flexibility index (Phi) is 3.93. The normalized spacial score (nSPS) is 23.2. The lowest BCUT2D eigenvalue weighted by molar-refractivity contribution is -0.156. The Morgan fingerprint density at radius 3 is 2.71 bits per heavy atom. The van der Waals surface area contributed by atoms with Crippen LogP contribution in [0.1, 0.15) is 40.0 Å². The third kappa shape index (κ3) is 4.61. The van der Waals surface area contributed by atoms with Gasteiger partial charge in [0, 0.05) is 6.42 Å². The van der Waals surface area contributed by atoms with Gasteiger partial charge in [0.25, 0.3) is 0 Å². The van der Waals surface area contributed by atoms with E-state index in [-0.39, 0.29) is 11.6 Å². The summed E-state index contributed by atoms with van der Waals surface area (Å²) in [4.78, 5) is 11.5. The molecule has 0 radical (unpaired) electrons. The van der Waals surface area contributed by atoms with Gasteiger partial charge in [0.2, 0.25) is 0 Å². The molecule has 0 aliphatic carbocycles. The van der Waals surface area contributed by atoms with E-state index in [9.17, 15) is 4.79 Å². The molecule has 1 N–H and O–H groups in total. The maximum atomic E-state index is 11.5. The number of esters is 1. The number of rotatable bonds is 2. The van der Waals surface area contributed by atoms with E-state index >= 15 is 0 Å². The summed E-state index contributed by atoms with van der Waals surface area (Å²) in [5.74, 6) is 0.407. The Labute approximate surface area is 86.2 Å². The van der Waals surface area contributed by atoms with Crippen molar-refractivity contribution in [3.05, 3.63) is 0 Å². The van der Waals surface area contributed by atoms with Gasteiger partial charge >= 0.3 is 5.97 Å². The van der Waals surface area contributed by atoms with Crippen molar-refractivity contribution in [1.29, 1.82) is 0 Å². The van der Waals surface area contributed by atoms with Crippen LogP contribution in [-0.2, 0) is 9.53 Å². The molecule has 1 aliphatic rings. The average molecular weight is 199 g/mol. The summed E-state index contributed by atoms with van der Waals surface area (Å²) in [5.41, 5.74) is -0.348. The minimum atomic E-state index is -0.348. The Bertz CT molecular complexity index is 190. The van der Waals surface area contributed by atoms with Crippen LogP contribution in [0.3, 0.4) is 0 Å². The third-order valence-electron chi connectivity index (χ3n) is 2.27. The number of carbonyl (C=O) groups is 1. The second kappa shape index (κ2) is 4.78. The van der Waals surface area contributed by atoms with Crippen molar-refractivity contribution in [2.24, 2.45) is 5.92 Å². The highest BCUT2D eigenvalue weighted by atomic mass is 16.6. The first-order valence-corrected chi connectivity index (χ1v) is 5.40. The number of carbonyl (C=O) groups excluding carboxylic acids is 1. The highest BCUT2D eigenvalue weighted by Gasteiger charge is 2.21. The molecule has 0 aromatic rings. The van der Waals surface area contributed by atoms with E-state index in [1.807, 2.05) is 20.8 Å². The van der Waals surface area contributed by atoms with Crippen LogP contribution in [0, 0.1) is 5.92 Å². The first-order chi connectivity index (χ1) is 6.47. The molecular formula is C11H21NO2. The van der Waals surface area contributed by atoms with Gasteiger partial charge in [0.1, 0.15) is 5.60 Å². The highest BCUT2D eigenvalue weighted by Crippen LogP contribution is 2.17. The molecular weight excluding hydrogens is 178 g/mol. The Morgan fingerprint density at radius 1 is 1.50 bits per heavy atom. The van der Waals surface area contributed by atoms with Crippen molar-refractivity contribution in [2.45, 2.75) is 45.6 Å². The molecule has 1 saturated heterocycles. The van der Waals surface area contributed by atoms with E-state index < -0.39 is 0 Å². The average Bonchev–Trinajstić information content (AvgIpc) is 2.02. The van der Waals surface area contributed by atoms with Gasteiger partial charge in [0.05, 0.1) is 0 Å². The van der Waals surface area contributed by atoms with Gasteiger partial charge in [-0.1, -0.05) is 0 Å². The SMILES string of the molecule is CC(C)(C)OC(=O)CC1CCCNC1. The van der Waals surface area contributed by atoms with Crippen LogP contribution in [0.4, 0.5) is 0 Å². The fourth-order valence-corrected chi connectivity index (χ4v) is 1.72. The molecule has 0 aromatic carbocycles. The number of hydrogen-bond donors (Lipinski definition) is 1. The van der Waals surface area contributed by atoms with Crippen LogP contribution in [-0.4, -0.2) is 24.7 Å². The lowest BCUT2D eigenvalue weighted by Gasteiger charge is -2.24. The monoisotopic (exact) mass is 199 g/mol. The molecule has 1 heterocycles. The van der Waals surface area contributed by atoms with E-state index in [1.165, 1.54) is 6.42 Å². The second-order valence-corrected chi connectivity index (χ2v) is 5.00. The first kappa shape index (κ1) is 11.5. The third-order valence-corrected chi connectivity index (χ3v) is 2.27. The molecule has 14 heavy (non-hydrogen) atoms. The molecule has 0 aromatic heterocycles. The molecule has 0 spiro atoms. The largest absolute Gasteiger partial charge is 0.460 e. The molecule has 0 amide bonds. The molecule has 1 fully saturated rings. The van der Waals surface area contributed by atoms with Crippen molar-refractivity contribution in [2.75, 3.05) is 13.1 Å². The van der Waals surface area contributed by atoms with Crippen molar-refractivity contribution in [3.63, 3.8) is 0 Å². The summed E-state index contributed by atoms with van der Waals surface area (Å²) in [6.07, 6.45) is 2.88. The Balaban J connectivity index is 2.25. The smallest absolute Gasteiger partial charge is 0.306 e. The summed E-state index contributed by atoms with van der Waals surface area (Å²) in [5, 5.41) is 3.30. The maximum absolute atomic E-state index is 11.5. The molecule has 1 unspecified atom stereocenters. The van der Waals surface area contributed by atoms with Crippen molar-refractivity contribution in [3.8, 4) is 0 Å². The molecule has 1 rings (SSSR count). The first-order valence-electron chi connectivity index (χ1n) is 5.40. The number of ether oxygens (including phenoxy) is 1. The molecule has 0 saturated carbocycles. The molecule has 3 nitrogen and oxygen atoms in total. The van der Waals surface area contributed by atoms with Crippen LogP contribution >= 0.6 is 0 Å². The van der Waals surface area contributed by atoms with Crippen molar-refractivity contribution < 1.29 is 9.53 Å². The zero-order valence-corrected chi connectivity index (χ0v) is 9.43. The van der Waals surface area contributed by atoms with E-state index in [1.54, 1.807) is 0 Å². The van der Waals surface area contributed by atoms with Crippen LogP contribution in [0.2, 0.25) is 0 Å². The maximum Gasteiger partial charge on any atom is 0.306 e. The van der Waals surface area contributed by atoms with Crippen molar-refractivity contribution >= 4 is 5.97 Å². The van der Waals surface area contributed by atoms with Crippen LogP contribution in [0.25, 0.3) is 0 Å². The van der Waals surface area contributed by atoms with E-state index in [0.29, 0.717) is 12.3 Å². The minimum Gasteiger partial charge on any atom is -0.460 e. The molecule has 82 valence electrons. The van der Waals surface area contributed by atoms with Crippen LogP contribution < -0.4 is 5.32 Å². The minimum absolute atomic E-state index is 0.0637. The van der Waals surface area contributed by atoms with Gasteiger partial charge in [-0.25, -0.2) is 0 Å². The summed E-state index contributed by atoms with van der Waals surface area (Å²) in [6, 6.07) is 0. The lowest BCUT2D eigenvalue weighted by Crippen LogP contribution is -2.33. The fourth-order valence-electron chi connectivity index (χ4n) is 1.72. The summed E-state index contributed by atoms with van der Waals surface area (Å²) in [6.45, 7) is 7.77. The van der Waals surface area contributed by atoms with Gasteiger partial charge in [-0.05, 0) is 52.6 Å². The Hall–Kier alpha value is -0.570. The van der Waals surface area contributed by atoms with Crippen LogP contribution in [0.15, 0.2) is 0 Å². The predicted molar refractivity (Wildman–Crippen MR) is 56.1 cm³/mol. The molecule has 1 aliphatic heterocycles. The number of piperidine rings is 1. The van der Waals surface area contributed by atoms with E-state index in [2.05, 4.69) is 5.32 Å². The summed E-state index contributed by atoms with van der Waals surface area (Å²) < 4.78 is 5.27. The highest BCUT2D eigenvalue weighted by molar-refractivity contribution is 5.70. The van der Waals surface area contributed by atoms with E-state index in [4.69, 9.17) is 4.74 Å². The molecule has 0 bridgehead atoms. The standard InChI is InChI=1S/C11H21NO2/c1-11(2,3)14-10(13)7-9-5-4-6-12-8-9/h9,12H,4-8H2,1-3H3. The topological polar surface area (TPSA) is 38.3 Å². The zero-order chi connectivity index (χ0) is 10.6. The van der Waals surface area contributed by atoms with Gasteiger partial charge in [-0.3, -0.25) is 4.79 Å². The summed E-state index contributed by atoms with van der Waals surface area (Å²) in [7, 11) is 0. The van der Waals surface area contributed by atoms with Gasteiger partial charge in [0.15, 0.2) is 0 Å². The molecule has 1 atom stereocenters. The van der Waals surface area contributed by atoms with E-state index in [0.717, 1.165) is 19.5 Å². The van der Waals surface area contributed by atoms with Gasteiger partial charge < -0.3 is 10.1 Å². The van der Waals surface area contributed by atoms with Crippen molar-refractivity contribution in [1.82, 2.24) is 5.32 Å². The number of hydrogen-bond acceptors (Lipinski definition) is 3. The summed E-state index contributed by atoms with van der Waals surface area (Å²) >= 11 is 0. The Morgan fingerprint density at radius 2 is 2.21 bits per heavy atom. The zero-order valence-electron chi connectivity index (χ0n) is 9.43. The quantitative estimate of drug-likeness (QED) is 0.688.